The van der Waals surface area contributed by atoms with Crippen molar-refractivity contribution in [3.63, 3.8) is 0 Å². The van der Waals surface area contributed by atoms with E-state index in [-0.39, 0.29) is 18.3 Å². The molecule has 0 saturated heterocycles. The van der Waals surface area contributed by atoms with Crippen molar-refractivity contribution in [2.75, 3.05) is 7.11 Å². The van der Waals surface area contributed by atoms with Crippen LogP contribution in [0.4, 0.5) is 0 Å². The van der Waals surface area contributed by atoms with Gasteiger partial charge in [0, 0.05) is 10.4 Å². The maximum absolute atomic E-state index is 11.2. The minimum absolute atomic E-state index is 0.106. The second-order valence-electron chi connectivity index (χ2n) is 3.06. The van der Waals surface area contributed by atoms with Crippen LogP contribution in [0.15, 0.2) is 16.6 Å². The number of halogens is 2. The van der Waals surface area contributed by atoms with Crippen molar-refractivity contribution < 1.29 is 9.53 Å². The normalized spacial score (nSPS) is 9.62. The van der Waals surface area contributed by atoms with E-state index in [9.17, 15) is 4.79 Å². The van der Waals surface area contributed by atoms with E-state index in [0.717, 1.165) is 5.56 Å². The summed E-state index contributed by atoms with van der Waals surface area (Å²) in [6, 6.07) is 5.45. The van der Waals surface area contributed by atoms with E-state index in [2.05, 4.69) is 20.7 Å². The van der Waals surface area contributed by atoms with E-state index in [4.69, 9.17) is 16.9 Å². The number of hydrogen-bond donors (Lipinski definition) is 0. The number of nitriles is 1. The lowest BCUT2D eigenvalue weighted by atomic mass is 10.0. The molecule has 3 nitrogen and oxygen atoms in total. The van der Waals surface area contributed by atoms with Crippen molar-refractivity contribution in [2.45, 2.75) is 12.3 Å². The number of hydrogen-bond acceptors (Lipinski definition) is 3. The van der Waals surface area contributed by atoms with Gasteiger partial charge in [-0.1, -0.05) is 6.07 Å². The van der Waals surface area contributed by atoms with Crippen molar-refractivity contribution in [3.05, 3.63) is 33.3 Å². The zero-order valence-electron chi connectivity index (χ0n) is 8.59. The Morgan fingerprint density at radius 2 is 2.31 bits per heavy atom. The Morgan fingerprint density at radius 3 is 2.81 bits per heavy atom. The summed E-state index contributed by atoms with van der Waals surface area (Å²) >= 11 is 9.07. The number of methoxy groups -OCH3 is 1. The number of benzene rings is 1. The third-order valence-corrected chi connectivity index (χ3v) is 3.35. The number of esters is 1. The molecule has 0 N–H and O–H groups in total. The molecule has 0 heterocycles. The average molecular weight is 303 g/mol. The number of carbonyl (C=O) groups is 1. The molecule has 1 rings (SSSR count). The summed E-state index contributed by atoms with van der Waals surface area (Å²) in [5.74, 6) is -0.0708. The van der Waals surface area contributed by atoms with Crippen molar-refractivity contribution >= 4 is 33.5 Å². The van der Waals surface area contributed by atoms with Gasteiger partial charge in [-0.2, -0.15) is 5.26 Å². The fraction of sp³-hybridized carbons (Fsp3) is 0.273. The van der Waals surface area contributed by atoms with Gasteiger partial charge in [0.1, 0.15) is 6.07 Å². The number of carbonyl (C=O) groups excluding carboxylic acids is 1. The van der Waals surface area contributed by atoms with Gasteiger partial charge in [-0.3, -0.25) is 4.79 Å². The molecule has 0 radical (unpaired) electrons. The molecular formula is C11H9BrClNO2. The van der Waals surface area contributed by atoms with Crippen LogP contribution in [0, 0.1) is 11.3 Å². The molecule has 0 saturated carbocycles. The zero-order chi connectivity index (χ0) is 12.1. The molecule has 1 aromatic rings. The summed E-state index contributed by atoms with van der Waals surface area (Å²) in [6.07, 6.45) is 0.106. The van der Waals surface area contributed by atoms with Crippen molar-refractivity contribution in [1.82, 2.24) is 0 Å². The fourth-order valence-corrected chi connectivity index (χ4v) is 2.15. The molecule has 0 aromatic heterocycles. The summed E-state index contributed by atoms with van der Waals surface area (Å²) in [7, 11) is 1.32. The molecule has 0 amide bonds. The molecule has 0 spiro atoms. The number of nitrogens with zero attached hydrogens (tertiary/aromatic N) is 1. The quantitative estimate of drug-likeness (QED) is 0.637. The first-order valence-corrected chi connectivity index (χ1v) is 5.80. The van der Waals surface area contributed by atoms with E-state index in [1.807, 2.05) is 6.07 Å². The smallest absolute Gasteiger partial charge is 0.310 e. The molecule has 0 fully saturated rings. The highest BCUT2D eigenvalue weighted by molar-refractivity contribution is 9.10. The summed E-state index contributed by atoms with van der Waals surface area (Å²) in [4.78, 5) is 11.2. The lowest BCUT2D eigenvalue weighted by molar-refractivity contribution is -0.139. The van der Waals surface area contributed by atoms with Gasteiger partial charge in [-0.25, -0.2) is 0 Å². The number of alkyl halides is 1. The molecule has 1 aromatic carbocycles. The lowest BCUT2D eigenvalue weighted by Crippen LogP contribution is -2.08. The van der Waals surface area contributed by atoms with E-state index in [0.29, 0.717) is 15.6 Å². The molecule has 5 heteroatoms. The van der Waals surface area contributed by atoms with Crippen molar-refractivity contribution in [3.8, 4) is 6.07 Å². The van der Waals surface area contributed by atoms with Gasteiger partial charge >= 0.3 is 5.97 Å². The predicted molar refractivity (Wildman–Crippen MR) is 64.1 cm³/mol. The fourth-order valence-electron chi connectivity index (χ4n) is 1.28. The average Bonchev–Trinajstić information content (AvgIpc) is 2.31. The first kappa shape index (κ1) is 13.0. The van der Waals surface area contributed by atoms with Gasteiger partial charge in [0.15, 0.2) is 0 Å². The standard InChI is InChI=1S/C11H9BrClNO2/c1-16-10(15)4-9-7(5-13)2-3-8(6-14)11(9)12/h2-3H,4-5H2,1H3. The molecule has 0 bridgehead atoms. The van der Waals surface area contributed by atoms with E-state index < -0.39 is 0 Å². The molecule has 16 heavy (non-hydrogen) atoms. The third-order valence-electron chi connectivity index (χ3n) is 2.15. The minimum atomic E-state index is -0.359. The second kappa shape index (κ2) is 5.88. The van der Waals surface area contributed by atoms with E-state index >= 15 is 0 Å². The SMILES string of the molecule is COC(=O)Cc1c(CCl)ccc(C#N)c1Br. The number of rotatable bonds is 3. The topological polar surface area (TPSA) is 50.1 Å². The highest BCUT2D eigenvalue weighted by Crippen LogP contribution is 2.26. The molecule has 84 valence electrons. The van der Waals surface area contributed by atoms with Crippen LogP contribution < -0.4 is 0 Å². The molecule has 0 aliphatic heterocycles. The maximum atomic E-state index is 11.2. The van der Waals surface area contributed by atoms with Crippen LogP contribution in [-0.2, 0) is 21.8 Å². The van der Waals surface area contributed by atoms with Gasteiger partial charge in [0.05, 0.1) is 19.1 Å². The summed E-state index contributed by atoms with van der Waals surface area (Å²) in [6.45, 7) is 0. The molecular weight excluding hydrogens is 293 g/mol. The minimum Gasteiger partial charge on any atom is -0.469 e. The Hall–Kier alpha value is -1.05. The van der Waals surface area contributed by atoms with Gasteiger partial charge in [-0.05, 0) is 33.1 Å². The summed E-state index contributed by atoms with van der Waals surface area (Å²) in [5, 5.41) is 8.87. The monoisotopic (exact) mass is 301 g/mol. The molecule has 0 unspecified atom stereocenters. The molecule has 0 aliphatic carbocycles. The summed E-state index contributed by atoms with van der Waals surface area (Å²) < 4.78 is 5.21. The van der Waals surface area contributed by atoms with Gasteiger partial charge in [0.2, 0.25) is 0 Å². The third kappa shape index (κ3) is 2.75. The van der Waals surface area contributed by atoms with Gasteiger partial charge < -0.3 is 4.74 Å². The highest BCUT2D eigenvalue weighted by atomic mass is 79.9. The Labute approximate surface area is 107 Å². The Balaban J connectivity index is 3.22. The zero-order valence-corrected chi connectivity index (χ0v) is 10.9. The van der Waals surface area contributed by atoms with Crippen LogP contribution in [0.2, 0.25) is 0 Å². The van der Waals surface area contributed by atoms with Gasteiger partial charge in [-0.15, -0.1) is 11.6 Å². The van der Waals surface area contributed by atoms with Crippen LogP contribution >= 0.6 is 27.5 Å². The van der Waals surface area contributed by atoms with E-state index in [1.165, 1.54) is 7.11 Å². The largest absolute Gasteiger partial charge is 0.469 e. The molecule has 0 atom stereocenters. The lowest BCUT2D eigenvalue weighted by Gasteiger charge is -2.09. The van der Waals surface area contributed by atoms with Gasteiger partial charge in [0.25, 0.3) is 0 Å². The van der Waals surface area contributed by atoms with Crippen LogP contribution in [0.25, 0.3) is 0 Å². The van der Waals surface area contributed by atoms with Crippen LogP contribution in [0.3, 0.4) is 0 Å². The Bertz CT molecular complexity index is 454. The van der Waals surface area contributed by atoms with Crippen molar-refractivity contribution in [2.24, 2.45) is 0 Å². The summed E-state index contributed by atoms with van der Waals surface area (Å²) in [5.41, 5.74) is 2.01. The Kier molecular flexibility index (Phi) is 4.78. The predicted octanol–water partition coefficient (Wildman–Crippen LogP) is 2.78. The maximum Gasteiger partial charge on any atom is 0.310 e. The first-order valence-electron chi connectivity index (χ1n) is 4.47. The number of ether oxygens (including phenoxy) is 1. The highest BCUT2D eigenvalue weighted by Gasteiger charge is 2.14. The second-order valence-corrected chi connectivity index (χ2v) is 4.12. The Morgan fingerprint density at radius 1 is 1.62 bits per heavy atom. The van der Waals surface area contributed by atoms with Crippen LogP contribution in [0.5, 0.6) is 0 Å². The molecule has 0 aliphatic rings. The van der Waals surface area contributed by atoms with Crippen LogP contribution in [-0.4, -0.2) is 13.1 Å². The first-order chi connectivity index (χ1) is 7.63. The van der Waals surface area contributed by atoms with Crippen LogP contribution in [0.1, 0.15) is 16.7 Å². The van der Waals surface area contributed by atoms with Crippen molar-refractivity contribution in [1.29, 1.82) is 5.26 Å². The van der Waals surface area contributed by atoms with E-state index in [1.54, 1.807) is 12.1 Å².